The predicted octanol–water partition coefficient (Wildman–Crippen LogP) is 4.07. The zero-order chi connectivity index (χ0) is 18.7. The summed E-state index contributed by atoms with van der Waals surface area (Å²) in [4.78, 5) is 28.9. The summed E-state index contributed by atoms with van der Waals surface area (Å²) in [6, 6.07) is 12.4. The van der Waals surface area contributed by atoms with Gasteiger partial charge >= 0.3 is 0 Å². The summed E-state index contributed by atoms with van der Waals surface area (Å²) < 4.78 is 8.37. The molecule has 0 aliphatic rings. The smallest absolute Gasteiger partial charge is 0.279 e. The number of rotatable bonds is 5. The van der Waals surface area contributed by atoms with Crippen LogP contribution < -0.4 is 9.54 Å². The molecule has 0 spiro atoms. The van der Waals surface area contributed by atoms with Crippen LogP contribution in [0.3, 0.4) is 0 Å². The Morgan fingerprint density at radius 3 is 2.42 bits per heavy atom. The largest absolute Gasteiger partial charge is 0.497 e. The van der Waals surface area contributed by atoms with Gasteiger partial charge in [-0.1, -0.05) is 30.4 Å². The Labute approximate surface area is 155 Å². The lowest BCUT2D eigenvalue weighted by Crippen LogP contribution is -2.16. The minimum Gasteiger partial charge on any atom is -0.497 e. The lowest BCUT2D eigenvalue weighted by molar-refractivity contribution is 0.0991. The summed E-state index contributed by atoms with van der Waals surface area (Å²) in [5.74, 6) is 0.434. The third-order valence-corrected chi connectivity index (χ3v) is 5.11. The number of carbonyl (C=O) groups is 2. The van der Waals surface area contributed by atoms with Crippen LogP contribution in [0.1, 0.15) is 41.0 Å². The van der Waals surface area contributed by atoms with Crippen LogP contribution in [0, 0.1) is 0 Å². The number of aromatic nitrogens is 1. The minimum atomic E-state index is -0.316. The van der Waals surface area contributed by atoms with Gasteiger partial charge in [0.15, 0.2) is 10.6 Å². The fourth-order valence-corrected chi connectivity index (χ4v) is 3.79. The van der Waals surface area contributed by atoms with Gasteiger partial charge < -0.3 is 9.30 Å². The van der Waals surface area contributed by atoms with Crippen molar-refractivity contribution < 1.29 is 14.3 Å². The second kappa shape index (κ2) is 7.66. The topological polar surface area (TPSA) is 60.7 Å². The van der Waals surface area contributed by atoms with Crippen molar-refractivity contribution in [3.63, 3.8) is 0 Å². The molecule has 1 aromatic heterocycles. The van der Waals surface area contributed by atoms with Crippen molar-refractivity contribution in [3.8, 4) is 5.75 Å². The number of Topliss-reactive ketones (excluding diaryl/α,β-unsaturated/α-hetero) is 1. The maximum Gasteiger partial charge on any atom is 0.279 e. The molecule has 0 unspecified atom stereocenters. The zero-order valence-corrected chi connectivity index (χ0v) is 15.8. The van der Waals surface area contributed by atoms with Crippen LogP contribution in [0.2, 0.25) is 0 Å². The molecule has 134 valence electrons. The Hall–Kier alpha value is -2.73. The Morgan fingerprint density at radius 1 is 1.12 bits per heavy atom. The van der Waals surface area contributed by atoms with Crippen molar-refractivity contribution in [1.82, 2.24) is 4.57 Å². The van der Waals surface area contributed by atoms with Gasteiger partial charge in [0.25, 0.3) is 5.91 Å². The quantitative estimate of drug-likeness (QED) is 0.638. The number of amides is 1. The number of hydrogen-bond donors (Lipinski definition) is 0. The molecule has 0 atom stereocenters. The molecule has 1 amide bonds. The highest BCUT2D eigenvalue weighted by molar-refractivity contribution is 7.16. The van der Waals surface area contributed by atoms with Crippen LogP contribution in [-0.4, -0.2) is 23.4 Å². The van der Waals surface area contributed by atoms with Gasteiger partial charge in [0, 0.05) is 17.7 Å². The van der Waals surface area contributed by atoms with E-state index in [4.69, 9.17) is 4.74 Å². The number of carbonyl (C=O) groups excluding carboxylic acids is 2. The molecule has 0 aliphatic carbocycles. The first kappa shape index (κ1) is 18.1. The van der Waals surface area contributed by atoms with Crippen molar-refractivity contribution in [2.24, 2.45) is 4.99 Å². The molecule has 0 bridgehead atoms. The molecule has 0 radical (unpaired) electrons. The number of ether oxygens (including phenoxy) is 1. The first-order valence-electron chi connectivity index (χ1n) is 8.41. The van der Waals surface area contributed by atoms with Crippen molar-refractivity contribution in [2.45, 2.75) is 26.8 Å². The van der Waals surface area contributed by atoms with Gasteiger partial charge in [0.1, 0.15) is 5.75 Å². The van der Waals surface area contributed by atoms with Crippen molar-refractivity contribution in [3.05, 3.63) is 58.4 Å². The van der Waals surface area contributed by atoms with Crippen molar-refractivity contribution >= 4 is 33.2 Å². The molecule has 0 aliphatic heterocycles. The highest BCUT2D eigenvalue weighted by Gasteiger charge is 2.10. The fraction of sp³-hybridized carbons (Fsp3) is 0.250. The van der Waals surface area contributed by atoms with Gasteiger partial charge in [-0.15, -0.1) is 0 Å². The van der Waals surface area contributed by atoms with Gasteiger partial charge in [-0.2, -0.15) is 4.99 Å². The van der Waals surface area contributed by atoms with Crippen LogP contribution >= 0.6 is 11.3 Å². The minimum absolute atomic E-state index is 0.0276. The number of nitrogens with zero attached hydrogens (tertiary/aromatic N) is 2. The fourth-order valence-electron chi connectivity index (χ4n) is 2.70. The maximum atomic E-state index is 12.6. The SMILES string of the molecule is CCCn1c(=NC(=O)c2ccc(C(C)=O)cc2)sc2cc(OC)ccc21. The molecule has 3 aromatic rings. The number of thiazole rings is 1. The summed E-state index contributed by atoms with van der Waals surface area (Å²) in [7, 11) is 1.63. The van der Waals surface area contributed by atoms with Crippen LogP contribution in [0.4, 0.5) is 0 Å². The summed E-state index contributed by atoms with van der Waals surface area (Å²) in [5.41, 5.74) is 2.08. The zero-order valence-electron chi connectivity index (χ0n) is 15.0. The predicted molar refractivity (Wildman–Crippen MR) is 103 cm³/mol. The van der Waals surface area contributed by atoms with E-state index in [0.717, 1.165) is 28.9 Å². The summed E-state index contributed by atoms with van der Waals surface area (Å²) in [5, 5.41) is 0. The number of ketones is 1. The summed E-state index contributed by atoms with van der Waals surface area (Å²) in [6.45, 7) is 4.37. The molecule has 2 aromatic carbocycles. The monoisotopic (exact) mass is 368 g/mol. The second-order valence-corrected chi connectivity index (χ2v) is 6.93. The van der Waals surface area contributed by atoms with Crippen LogP contribution in [0.15, 0.2) is 47.5 Å². The molecule has 5 nitrogen and oxygen atoms in total. The van der Waals surface area contributed by atoms with Gasteiger partial charge in [-0.3, -0.25) is 9.59 Å². The molecule has 0 saturated carbocycles. The number of methoxy groups -OCH3 is 1. The van der Waals surface area contributed by atoms with Crippen LogP contribution in [0.5, 0.6) is 5.75 Å². The first-order valence-corrected chi connectivity index (χ1v) is 9.22. The Morgan fingerprint density at radius 2 is 1.81 bits per heavy atom. The highest BCUT2D eigenvalue weighted by atomic mass is 32.1. The summed E-state index contributed by atoms with van der Waals surface area (Å²) in [6.07, 6.45) is 0.937. The second-order valence-electron chi connectivity index (χ2n) is 5.92. The summed E-state index contributed by atoms with van der Waals surface area (Å²) >= 11 is 1.47. The Bertz CT molecular complexity index is 1030. The molecule has 0 saturated heterocycles. The number of hydrogen-bond acceptors (Lipinski definition) is 4. The van der Waals surface area contributed by atoms with Gasteiger partial charge in [-0.05, 0) is 43.7 Å². The molecular formula is C20H20N2O3S. The number of fused-ring (bicyclic) bond motifs is 1. The van der Waals surface area contributed by atoms with Crippen LogP contribution in [-0.2, 0) is 6.54 Å². The van der Waals surface area contributed by atoms with E-state index in [2.05, 4.69) is 16.5 Å². The Balaban J connectivity index is 2.05. The van der Waals surface area contributed by atoms with Crippen molar-refractivity contribution in [2.75, 3.05) is 7.11 Å². The van der Waals surface area contributed by atoms with E-state index in [1.807, 2.05) is 18.2 Å². The number of aryl methyl sites for hydroxylation is 1. The average molecular weight is 368 g/mol. The van der Waals surface area contributed by atoms with E-state index in [1.165, 1.54) is 18.3 Å². The molecule has 3 rings (SSSR count). The van der Waals surface area contributed by atoms with Gasteiger partial charge in [-0.25, -0.2) is 0 Å². The first-order chi connectivity index (χ1) is 12.5. The third kappa shape index (κ3) is 3.60. The van der Waals surface area contributed by atoms with E-state index in [0.29, 0.717) is 15.9 Å². The standard InChI is InChI=1S/C20H20N2O3S/c1-4-11-22-17-10-9-16(25-3)12-18(17)26-20(22)21-19(24)15-7-5-14(6-8-15)13(2)23/h5-10,12H,4,11H2,1-3H3. The normalized spacial score (nSPS) is 11.7. The molecule has 1 heterocycles. The lowest BCUT2D eigenvalue weighted by Gasteiger charge is -2.04. The van der Waals surface area contributed by atoms with E-state index >= 15 is 0 Å². The average Bonchev–Trinajstić information content (AvgIpc) is 2.98. The van der Waals surface area contributed by atoms with E-state index in [1.54, 1.807) is 31.4 Å². The maximum absolute atomic E-state index is 12.6. The van der Waals surface area contributed by atoms with E-state index in [-0.39, 0.29) is 11.7 Å². The molecular weight excluding hydrogens is 348 g/mol. The van der Waals surface area contributed by atoms with E-state index < -0.39 is 0 Å². The molecule has 0 fully saturated rings. The van der Waals surface area contributed by atoms with Crippen LogP contribution in [0.25, 0.3) is 10.2 Å². The number of benzene rings is 2. The molecule has 26 heavy (non-hydrogen) atoms. The lowest BCUT2D eigenvalue weighted by atomic mass is 10.1. The highest BCUT2D eigenvalue weighted by Crippen LogP contribution is 2.23. The van der Waals surface area contributed by atoms with Gasteiger partial charge in [0.05, 0.1) is 17.3 Å². The van der Waals surface area contributed by atoms with Gasteiger partial charge in [0.2, 0.25) is 0 Å². The van der Waals surface area contributed by atoms with Crippen molar-refractivity contribution in [1.29, 1.82) is 0 Å². The third-order valence-electron chi connectivity index (χ3n) is 4.07. The van der Waals surface area contributed by atoms with E-state index in [9.17, 15) is 9.59 Å². The molecule has 6 heteroatoms. The molecule has 0 N–H and O–H groups in total. The Kier molecular flexibility index (Phi) is 5.32.